The van der Waals surface area contributed by atoms with Crippen molar-refractivity contribution in [2.24, 2.45) is 0 Å². The molecule has 0 aliphatic heterocycles. The standard InChI is InChI=1S/3CN.Fe.K/c3*1-2;;/q3*-1;+2;+1. The molecule has 0 saturated heterocycles. The van der Waals surface area contributed by atoms with Crippen LogP contribution in [-0.2, 0) is 17.1 Å². The minimum Gasteiger partial charge on any atom is -0.512 e. The third-order valence-corrected chi connectivity index (χ3v) is 0. The van der Waals surface area contributed by atoms with Gasteiger partial charge in [-0.05, 0) is 0 Å². The van der Waals surface area contributed by atoms with Gasteiger partial charge in [0, 0.05) is 0 Å². The molecule has 3 nitrogen and oxygen atoms in total. The summed E-state index contributed by atoms with van der Waals surface area (Å²) in [5.41, 5.74) is 0. The molecule has 0 aromatic carbocycles. The van der Waals surface area contributed by atoms with E-state index in [0.717, 1.165) is 0 Å². The molecule has 0 aliphatic rings. The van der Waals surface area contributed by atoms with Crippen molar-refractivity contribution in [3.8, 4) is 0 Å². The second kappa shape index (κ2) is 855. The van der Waals surface area contributed by atoms with Crippen LogP contribution in [0.3, 0.4) is 0 Å². The van der Waals surface area contributed by atoms with E-state index in [9.17, 15) is 0 Å². The van der Waals surface area contributed by atoms with Gasteiger partial charge in [0.25, 0.3) is 0 Å². The van der Waals surface area contributed by atoms with Gasteiger partial charge in [0.05, 0.1) is 0 Å². The minimum absolute atomic E-state index is 0. The molecule has 0 aliphatic carbocycles. The van der Waals surface area contributed by atoms with E-state index in [4.69, 9.17) is 35.5 Å². The van der Waals surface area contributed by atoms with E-state index in [1.165, 1.54) is 0 Å². The molecule has 0 amide bonds. The fourth-order valence-electron chi connectivity index (χ4n) is 0. The molecule has 0 rings (SSSR count). The fraction of sp³-hybridized carbons (Fsp3) is 0. The SMILES string of the molecule is [C-]#N.[C-]#N.[C-]#N.[Fe+2].[K+]. The van der Waals surface area contributed by atoms with E-state index in [2.05, 4.69) is 0 Å². The first-order valence-electron chi connectivity index (χ1n) is 0.671. The average molecular weight is 173 g/mol. The number of hydrogen-bond acceptors (Lipinski definition) is 3. The van der Waals surface area contributed by atoms with Crippen LogP contribution >= 0.6 is 0 Å². The Bertz CT molecular complexity index is 43.0. The Kier molecular flexibility index (Phi) is 4080. The van der Waals surface area contributed by atoms with Crippen LogP contribution in [0.4, 0.5) is 0 Å². The van der Waals surface area contributed by atoms with Gasteiger partial charge in [-0.25, -0.2) is 0 Å². The molecular weight excluding hydrogens is 173 g/mol. The van der Waals surface area contributed by atoms with Gasteiger partial charge in [-0.1, -0.05) is 0 Å². The molecule has 0 heterocycles. The van der Waals surface area contributed by atoms with Gasteiger partial charge < -0.3 is 35.5 Å². The normalized spacial score (nSPS) is 0.750. The molecule has 0 saturated carbocycles. The van der Waals surface area contributed by atoms with Crippen LogP contribution in [0.1, 0.15) is 0 Å². The molecule has 0 atom stereocenters. The molecule has 5 heteroatoms. The van der Waals surface area contributed by atoms with Crippen molar-refractivity contribution in [2.45, 2.75) is 0 Å². The zero-order chi connectivity index (χ0) is 6.00. The molecule has 0 aromatic rings. The predicted octanol–water partition coefficient (Wildman–Crippen LogP) is -2.71. The van der Waals surface area contributed by atoms with Gasteiger partial charge in [0.15, 0.2) is 0 Å². The molecule has 0 unspecified atom stereocenters. The second-order valence-corrected chi connectivity index (χ2v) is 0. The van der Waals surface area contributed by atoms with Crippen LogP contribution in [-0.4, -0.2) is 0 Å². The van der Waals surface area contributed by atoms with Crippen molar-refractivity contribution >= 4 is 0 Å². The molecule has 0 aromatic heterocycles. The van der Waals surface area contributed by atoms with E-state index >= 15 is 0 Å². The van der Waals surface area contributed by atoms with Crippen LogP contribution < -0.4 is 51.4 Å². The Hall–Kier alpha value is 0.626. The smallest absolute Gasteiger partial charge is 0.512 e. The maximum absolute atomic E-state index is 6.25. The van der Waals surface area contributed by atoms with E-state index in [0.29, 0.717) is 0 Å². The summed E-state index contributed by atoms with van der Waals surface area (Å²) in [6, 6.07) is 0. The van der Waals surface area contributed by atoms with Gasteiger partial charge in [0.2, 0.25) is 0 Å². The van der Waals surface area contributed by atoms with Gasteiger partial charge >= 0.3 is 68.5 Å². The Morgan fingerprint density at radius 1 is 0.625 bits per heavy atom. The molecule has 0 fully saturated rings. The van der Waals surface area contributed by atoms with Crippen molar-refractivity contribution in [1.29, 1.82) is 15.8 Å². The third kappa shape index (κ3) is 535. The van der Waals surface area contributed by atoms with E-state index in [1.807, 2.05) is 0 Å². The first-order valence-corrected chi connectivity index (χ1v) is 0.671. The number of rotatable bonds is 0. The third-order valence-electron chi connectivity index (χ3n) is 0. The maximum atomic E-state index is 6.25. The summed E-state index contributed by atoms with van der Waals surface area (Å²) in [6.07, 6.45) is 0. The first-order chi connectivity index (χ1) is 3.00. The molecule has 0 spiro atoms. The summed E-state index contributed by atoms with van der Waals surface area (Å²) in [7, 11) is 0. The second-order valence-electron chi connectivity index (χ2n) is 0. The van der Waals surface area contributed by atoms with Crippen LogP contribution in [0.5, 0.6) is 0 Å². The maximum Gasteiger partial charge on any atom is 2.00 e. The average Bonchev–Trinajstić information content (AvgIpc) is 1.81. The first kappa shape index (κ1) is 38.2. The molecule has 0 N–H and O–H groups in total. The van der Waals surface area contributed by atoms with E-state index < -0.39 is 0 Å². The van der Waals surface area contributed by atoms with Crippen LogP contribution in [0, 0.1) is 35.5 Å². The zero-order valence-corrected chi connectivity index (χ0v) is 8.42. The van der Waals surface area contributed by atoms with Crippen molar-refractivity contribution in [2.75, 3.05) is 0 Å². The van der Waals surface area contributed by atoms with Crippen LogP contribution in [0.15, 0.2) is 0 Å². The summed E-state index contributed by atoms with van der Waals surface area (Å²) in [5.74, 6) is 0. The van der Waals surface area contributed by atoms with Gasteiger partial charge in [-0.3, -0.25) is 0 Å². The molecule has 8 heavy (non-hydrogen) atoms. The minimum atomic E-state index is 0. The summed E-state index contributed by atoms with van der Waals surface area (Å²) in [6.45, 7) is 14.2. The largest absolute Gasteiger partial charge is 2.00 e. The summed E-state index contributed by atoms with van der Waals surface area (Å²) < 4.78 is 0. The zero-order valence-electron chi connectivity index (χ0n) is 4.20. The van der Waals surface area contributed by atoms with Gasteiger partial charge in [-0.15, -0.1) is 0 Å². The molecular formula is C3FeKN3. The Labute approximate surface area is 102 Å². The summed E-state index contributed by atoms with van der Waals surface area (Å²) in [4.78, 5) is 0. The van der Waals surface area contributed by atoms with E-state index in [1.54, 1.807) is 0 Å². The Balaban J connectivity index is -0.00000000500. The van der Waals surface area contributed by atoms with Crippen LogP contribution in [0.2, 0.25) is 0 Å². The predicted molar refractivity (Wildman–Crippen MR) is 14.9 cm³/mol. The van der Waals surface area contributed by atoms with Crippen molar-refractivity contribution in [1.82, 2.24) is 0 Å². The Morgan fingerprint density at radius 3 is 0.625 bits per heavy atom. The summed E-state index contributed by atoms with van der Waals surface area (Å²) in [5, 5.41) is 18.8. The quantitative estimate of drug-likeness (QED) is 0.295. The number of nitrogens with zero attached hydrogens (tertiary/aromatic N) is 3. The monoisotopic (exact) mass is 173 g/mol. The van der Waals surface area contributed by atoms with Crippen molar-refractivity contribution < 1.29 is 68.5 Å². The van der Waals surface area contributed by atoms with Crippen molar-refractivity contribution in [3.05, 3.63) is 19.7 Å². The van der Waals surface area contributed by atoms with E-state index in [-0.39, 0.29) is 68.5 Å². The number of hydrogen-bond donors (Lipinski definition) is 0. The summed E-state index contributed by atoms with van der Waals surface area (Å²) >= 11 is 0. The molecule has 36 valence electrons. The fourth-order valence-corrected chi connectivity index (χ4v) is 0. The molecule has 0 radical (unpaired) electrons. The molecule has 0 bridgehead atoms. The van der Waals surface area contributed by atoms with Crippen LogP contribution in [0.25, 0.3) is 0 Å². The van der Waals surface area contributed by atoms with Gasteiger partial charge in [0.1, 0.15) is 0 Å². The Morgan fingerprint density at radius 2 is 0.625 bits per heavy atom. The topological polar surface area (TPSA) is 71.4 Å². The van der Waals surface area contributed by atoms with Gasteiger partial charge in [-0.2, -0.15) is 0 Å². The van der Waals surface area contributed by atoms with Crippen molar-refractivity contribution in [3.63, 3.8) is 0 Å².